The Morgan fingerprint density at radius 3 is 2.73 bits per heavy atom. The van der Waals surface area contributed by atoms with Crippen molar-refractivity contribution in [2.24, 2.45) is 0 Å². The molecule has 84 valence electrons. The van der Waals surface area contributed by atoms with Crippen LogP contribution in [0.5, 0.6) is 0 Å². The second-order valence-corrected chi connectivity index (χ2v) is 5.25. The Bertz CT molecular complexity index is 284. The van der Waals surface area contributed by atoms with Gasteiger partial charge in [0.1, 0.15) is 10.0 Å². The van der Waals surface area contributed by atoms with Crippen molar-refractivity contribution in [2.75, 3.05) is 7.05 Å². The molecule has 1 saturated carbocycles. The second-order valence-electron chi connectivity index (χ2n) is 4.21. The summed E-state index contributed by atoms with van der Waals surface area (Å²) in [6.07, 6.45) is 6.43. The Morgan fingerprint density at radius 2 is 2.13 bits per heavy atom. The summed E-state index contributed by atoms with van der Waals surface area (Å²) in [7, 11) is 1.99. The van der Waals surface area contributed by atoms with Crippen LogP contribution in [0.15, 0.2) is 0 Å². The van der Waals surface area contributed by atoms with Crippen molar-refractivity contribution >= 4 is 11.3 Å². The van der Waals surface area contributed by atoms with Gasteiger partial charge in [-0.05, 0) is 26.3 Å². The lowest BCUT2D eigenvalue weighted by atomic mass is 10.1. The van der Waals surface area contributed by atoms with Gasteiger partial charge in [-0.25, -0.2) is 0 Å². The number of aromatic nitrogens is 2. The lowest BCUT2D eigenvalue weighted by Gasteiger charge is -2.08. The molecule has 0 radical (unpaired) electrons. The van der Waals surface area contributed by atoms with Gasteiger partial charge in [-0.2, -0.15) is 0 Å². The maximum Gasteiger partial charge on any atom is 0.134 e. The highest BCUT2D eigenvalue weighted by atomic mass is 32.1. The summed E-state index contributed by atoms with van der Waals surface area (Å²) in [6.45, 7) is 2.18. The molecule has 1 N–H and O–H groups in total. The first-order chi connectivity index (χ1) is 7.35. The van der Waals surface area contributed by atoms with Crippen molar-refractivity contribution < 1.29 is 0 Å². The average Bonchev–Trinajstić information content (AvgIpc) is 2.89. The number of hydrogen-bond donors (Lipinski definition) is 1. The van der Waals surface area contributed by atoms with Crippen LogP contribution in [0.4, 0.5) is 0 Å². The van der Waals surface area contributed by atoms with Crippen molar-refractivity contribution in [3.05, 3.63) is 10.0 Å². The summed E-state index contributed by atoms with van der Waals surface area (Å²) >= 11 is 1.80. The molecule has 1 heterocycles. The van der Waals surface area contributed by atoms with Crippen molar-refractivity contribution in [3.63, 3.8) is 0 Å². The minimum absolute atomic E-state index is 0.387. The van der Waals surface area contributed by atoms with Gasteiger partial charge in [-0.1, -0.05) is 31.1 Å². The molecule has 1 aliphatic rings. The SMILES string of the molecule is CCC(NC)c1nnc(C2CCCC2)s1. The van der Waals surface area contributed by atoms with E-state index in [4.69, 9.17) is 0 Å². The Hall–Kier alpha value is -0.480. The summed E-state index contributed by atoms with van der Waals surface area (Å²) in [5.41, 5.74) is 0. The summed E-state index contributed by atoms with van der Waals surface area (Å²) < 4.78 is 0. The summed E-state index contributed by atoms with van der Waals surface area (Å²) in [4.78, 5) is 0. The van der Waals surface area contributed by atoms with Gasteiger partial charge in [-0.3, -0.25) is 0 Å². The Labute approximate surface area is 95.3 Å². The zero-order valence-electron chi connectivity index (χ0n) is 9.49. The predicted octanol–water partition coefficient (Wildman–Crippen LogP) is 2.87. The monoisotopic (exact) mass is 225 g/mol. The Kier molecular flexibility index (Phi) is 3.70. The van der Waals surface area contributed by atoms with E-state index < -0.39 is 0 Å². The maximum absolute atomic E-state index is 4.34. The van der Waals surface area contributed by atoms with Crippen molar-refractivity contribution in [3.8, 4) is 0 Å². The van der Waals surface area contributed by atoms with Gasteiger partial charge in [-0.15, -0.1) is 10.2 Å². The van der Waals surface area contributed by atoms with E-state index >= 15 is 0 Å². The van der Waals surface area contributed by atoms with Gasteiger partial charge in [0, 0.05) is 5.92 Å². The smallest absolute Gasteiger partial charge is 0.134 e. The van der Waals surface area contributed by atoms with Crippen LogP contribution in [0.1, 0.15) is 61.0 Å². The quantitative estimate of drug-likeness (QED) is 0.856. The highest BCUT2D eigenvalue weighted by Gasteiger charge is 2.22. The highest BCUT2D eigenvalue weighted by molar-refractivity contribution is 7.11. The van der Waals surface area contributed by atoms with Crippen LogP contribution in [-0.2, 0) is 0 Å². The molecule has 1 aliphatic carbocycles. The molecular formula is C11H19N3S. The minimum atomic E-state index is 0.387. The summed E-state index contributed by atoms with van der Waals surface area (Å²) in [5, 5.41) is 14.3. The van der Waals surface area contributed by atoms with E-state index in [0.29, 0.717) is 12.0 Å². The van der Waals surface area contributed by atoms with E-state index in [-0.39, 0.29) is 0 Å². The fourth-order valence-corrected chi connectivity index (χ4v) is 3.43. The van der Waals surface area contributed by atoms with Crippen LogP contribution in [0.25, 0.3) is 0 Å². The predicted molar refractivity (Wildman–Crippen MR) is 63.2 cm³/mol. The number of hydrogen-bond acceptors (Lipinski definition) is 4. The van der Waals surface area contributed by atoms with Crippen molar-refractivity contribution in [1.82, 2.24) is 15.5 Å². The number of nitrogens with zero attached hydrogens (tertiary/aromatic N) is 2. The first-order valence-corrected chi connectivity index (χ1v) is 6.67. The molecule has 0 saturated heterocycles. The molecule has 1 atom stereocenters. The topological polar surface area (TPSA) is 37.8 Å². The van der Waals surface area contributed by atoms with Gasteiger partial charge in [0.2, 0.25) is 0 Å². The third kappa shape index (κ3) is 2.37. The standard InChI is InChI=1S/C11H19N3S/c1-3-9(12-2)11-14-13-10(15-11)8-6-4-5-7-8/h8-9,12H,3-7H2,1-2H3. The lowest BCUT2D eigenvalue weighted by molar-refractivity contribution is 0.567. The van der Waals surface area contributed by atoms with E-state index in [1.807, 2.05) is 7.05 Å². The fourth-order valence-electron chi connectivity index (χ4n) is 2.23. The molecular weight excluding hydrogens is 206 g/mol. The normalized spacial score (nSPS) is 19.6. The fraction of sp³-hybridized carbons (Fsp3) is 0.818. The van der Waals surface area contributed by atoms with Crippen LogP contribution in [-0.4, -0.2) is 17.2 Å². The first-order valence-electron chi connectivity index (χ1n) is 5.85. The molecule has 0 spiro atoms. The van der Waals surface area contributed by atoms with Crippen LogP contribution >= 0.6 is 11.3 Å². The van der Waals surface area contributed by atoms with Crippen LogP contribution in [0.3, 0.4) is 0 Å². The molecule has 1 unspecified atom stereocenters. The van der Waals surface area contributed by atoms with E-state index in [9.17, 15) is 0 Å². The molecule has 0 bridgehead atoms. The minimum Gasteiger partial charge on any atom is -0.311 e. The number of nitrogens with one attached hydrogen (secondary N) is 1. The first kappa shape index (κ1) is 11.0. The van der Waals surface area contributed by atoms with Gasteiger partial charge < -0.3 is 5.32 Å². The molecule has 15 heavy (non-hydrogen) atoms. The zero-order valence-corrected chi connectivity index (χ0v) is 10.3. The molecule has 1 aromatic heterocycles. The molecule has 3 nitrogen and oxygen atoms in total. The summed E-state index contributed by atoms with van der Waals surface area (Å²) in [6, 6.07) is 0.387. The van der Waals surface area contributed by atoms with E-state index in [2.05, 4.69) is 22.4 Å². The van der Waals surface area contributed by atoms with Crippen LogP contribution in [0, 0.1) is 0 Å². The van der Waals surface area contributed by atoms with Crippen LogP contribution < -0.4 is 5.32 Å². The molecule has 0 aromatic carbocycles. The molecule has 2 rings (SSSR count). The van der Waals surface area contributed by atoms with Crippen molar-refractivity contribution in [1.29, 1.82) is 0 Å². The van der Waals surface area contributed by atoms with Gasteiger partial charge in [0.25, 0.3) is 0 Å². The van der Waals surface area contributed by atoms with Gasteiger partial charge >= 0.3 is 0 Å². The molecule has 1 fully saturated rings. The van der Waals surface area contributed by atoms with E-state index in [1.165, 1.54) is 30.7 Å². The molecule has 0 amide bonds. The third-order valence-corrected chi connectivity index (χ3v) is 4.41. The highest BCUT2D eigenvalue weighted by Crippen LogP contribution is 2.36. The zero-order chi connectivity index (χ0) is 10.7. The Morgan fingerprint density at radius 1 is 1.40 bits per heavy atom. The third-order valence-electron chi connectivity index (χ3n) is 3.22. The lowest BCUT2D eigenvalue weighted by Crippen LogP contribution is -2.14. The van der Waals surface area contributed by atoms with Crippen molar-refractivity contribution in [2.45, 2.75) is 51.0 Å². The molecule has 4 heteroatoms. The van der Waals surface area contributed by atoms with E-state index in [1.54, 1.807) is 11.3 Å². The van der Waals surface area contributed by atoms with Gasteiger partial charge in [0.05, 0.1) is 6.04 Å². The largest absolute Gasteiger partial charge is 0.311 e. The average molecular weight is 225 g/mol. The second kappa shape index (κ2) is 5.03. The van der Waals surface area contributed by atoms with Gasteiger partial charge in [0.15, 0.2) is 0 Å². The summed E-state index contributed by atoms with van der Waals surface area (Å²) in [5.74, 6) is 0.700. The van der Waals surface area contributed by atoms with Crippen LogP contribution in [0.2, 0.25) is 0 Å². The molecule has 0 aliphatic heterocycles. The maximum atomic E-state index is 4.34. The van der Waals surface area contributed by atoms with E-state index in [0.717, 1.165) is 11.4 Å². The molecule has 1 aromatic rings. The number of rotatable bonds is 4. The Balaban J connectivity index is 2.08.